The fourth-order valence-corrected chi connectivity index (χ4v) is 2.91. The standard InChI is InChI=1S/C23H23ClO3/c1-25-22-13-7-18(8-14-22)17-26-15-16-27-23(19-5-3-2-4-6-19)20-9-11-21(24)12-10-20/h2-14,23H,15-17H2,1H3. The van der Waals surface area contributed by atoms with Gasteiger partial charge in [0, 0.05) is 5.02 Å². The predicted molar refractivity (Wildman–Crippen MR) is 108 cm³/mol. The zero-order chi connectivity index (χ0) is 18.9. The summed E-state index contributed by atoms with van der Waals surface area (Å²) in [5.41, 5.74) is 3.28. The molecule has 0 radical (unpaired) electrons. The molecule has 0 aliphatic heterocycles. The predicted octanol–water partition coefficient (Wildman–Crippen LogP) is 5.67. The maximum atomic E-state index is 6.14. The Morgan fingerprint density at radius 1 is 0.778 bits per heavy atom. The van der Waals surface area contributed by atoms with Crippen LogP contribution in [0.4, 0.5) is 0 Å². The fourth-order valence-electron chi connectivity index (χ4n) is 2.79. The van der Waals surface area contributed by atoms with E-state index in [2.05, 4.69) is 12.1 Å². The normalized spacial score (nSPS) is 11.9. The second-order valence-electron chi connectivity index (χ2n) is 6.11. The molecule has 0 aliphatic rings. The molecular weight excluding hydrogens is 360 g/mol. The van der Waals surface area contributed by atoms with Crippen LogP contribution in [-0.2, 0) is 16.1 Å². The monoisotopic (exact) mass is 382 g/mol. The summed E-state index contributed by atoms with van der Waals surface area (Å²) < 4.78 is 17.0. The van der Waals surface area contributed by atoms with Crippen LogP contribution in [0.25, 0.3) is 0 Å². The van der Waals surface area contributed by atoms with Gasteiger partial charge in [0.15, 0.2) is 0 Å². The largest absolute Gasteiger partial charge is 0.497 e. The Hall–Kier alpha value is -2.33. The highest BCUT2D eigenvalue weighted by Gasteiger charge is 2.14. The van der Waals surface area contributed by atoms with Gasteiger partial charge in [0.1, 0.15) is 11.9 Å². The summed E-state index contributed by atoms with van der Waals surface area (Å²) in [6.45, 7) is 1.56. The molecule has 0 amide bonds. The van der Waals surface area contributed by atoms with Crippen molar-refractivity contribution in [2.45, 2.75) is 12.7 Å². The Kier molecular flexibility index (Phi) is 7.28. The van der Waals surface area contributed by atoms with Gasteiger partial charge in [-0.2, -0.15) is 0 Å². The number of hydrogen-bond acceptors (Lipinski definition) is 3. The van der Waals surface area contributed by atoms with Crippen molar-refractivity contribution in [2.75, 3.05) is 20.3 Å². The average molecular weight is 383 g/mol. The average Bonchev–Trinajstić information content (AvgIpc) is 2.73. The zero-order valence-corrected chi connectivity index (χ0v) is 16.1. The van der Waals surface area contributed by atoms with Crippen LogP contribution in [0.5, 0.6) is 5.75 Å². The van der Waals surface area contributed by atoms with Crippen LogP contribution in [-0.4, -0.2) is 20.3 Å². The van der Waals surface area contributed by atoms with E-state index in [0.717, 1.165) is 22.4 Å². The Labute approximate surface area is 165 Å². The molecule has 0 saturated carbocycles. The van der Waals surface area contributed by atoms with Crippen LogP contribution in [0.15, 0.2) is 78.9 Å². The molecule has 0 spiro atoms. The Morgan fingerprint density at radius 2 is 1.44 bits per heavy atom. The van der Waals surface area contributed by atoms with Crippen LogP contribution in [0.2, 0.25) is 5.02 Å². The van der Waals surface area contributed by atoms with Gasteiger partial charge in [0.25, 0.3) is 0 Å². The van der Waals surface area contributed by atoms with Crippen LogP contribution in [0, 0.1) is 0 Å². The third-order valence-electron chi connectivity index (χ3n) is 4.22. The lowest BCUT2D eigenvalue weighted by atomic mass is 10.0. The van der Waals surface area contributed by atoms with Crippen molar-refractivity contribution in [1.82, 2.24) is 0 Å². The first-order valence-electron chi connectivity index (χ1n) is 8.89. The lowest BCUT2D eigenvalue weighted by Gasteiger charge is -2.19. The van der Waals surface area contributed by atoms with Gasteiger partial charge in [-0.25, -0.2) is 0 Å². The van der Waals surface area contributed by atoms with Gasteiger partial charge in [-0.15, -0.1) is 0 Å². The topological polar surface area (TPSA) is 27.7 Å². The molecule has 3 rings (SSSR count). The molecule has 1 unspecified atom stereocenters. The van der Waals surface area contributed by atoms with Gasteiger partial charge in [0.05, 0.1) is 26.9 Å². The van der Waals surface area contributed by atoms with E-state index in [9.17, 15) is 0 Å². The van der Waals surface area contributed by atoms with Crippen LogP contribution >= 0.6 is 11.6 Å². The van der Waals surface area contributed by atoms with E-state index < -0.39 is 0 Å². The van der Waals surface area contributed by atoms with E-state index in [1.54, 1.807) is 7.11 Å². The molecule has 0 bridgehead atoms. The number of rotatable bonds is 9. The molecule has 0 aliphatic carbocycles. The molecule has 1 atom stereocenters. The van der Waals surface area contributed by atoms with Crippen LogP contribution in [0.3, 0.4) is 0 Å². The molecule has 0 aromatic heterocycles. The number of methoxy groups -OCH3 is 1. The first kappa shape index (κ1) is 19.4. The van der Waals surface area contributed by atoms with Gasteiger partial charge in [0.2, 0.25) is 0 Å². The Morgan fingerprint density at radius 3 is 2.11 bits per heavy atom. The van der Waals surface area contributed by atoms with Gasteiger partial charge in [-0.1, -0.05) is 66.2 Å². The van der Waals surface area contributed by atoms with Crippen molar-refractivity contribution in [3.63, 3.8) is 0 Å². The highest BCUT2D eigenvalue weighted by Crippen LogP contribution is 2.27. The maximum Gasteiger partial charge on any atom is 0.118 e. The van der Waals surface area contributed by atoms with Gasteiger partial charge >= 0.3 is 0 Å². The highest BCUT2D eigenvalue weighted by molar-refractivity contribution is 6.30. The van der Waals surface area contributed by atoms with E-state index in [1.807, 2.05) is 66.7 Å². The summed E-state index contributed by atoms with van der Waals surface area (Å²) >= 11 is 6.02. The summed E-state index contributed by atoms with van der Waals surface area (Å²) in [6.07, 6.45) is -0.145. The van der Waals surface area contributed by atoms with Crippen molar-refractivity contribution >= 4 is 11.6 Å². The second kappa shape index (κ2) is 10.1. The molecule has 4 heteroatoms. The molecule has 140 valence electrons. The quantitative estimate of drug-likeness (QED) is 0.446. The summed E-state index contributed by atoms with van der Waals surface area (Å²) in [4.78, 5) is 0. The smallest absolute Gasteiger partial charge is 0.118 e. The summed E-state index contributed by atoms with van der Waals surface area (Å²) in [5.74, 6) is 0.843. The van der Waals surface area contributed by atoms with E-state index in [1.165, 1.54) is 0 Å². The minimum atomic E-state index is -0.145. The van der Waals surface area contributed by atoms with Gasteiger partial charge < -0.3 is 14.2 Å². The molecule has 3 aromatic carbocycles. The third-order valence-corrected chi connectivity index (χ3v) is 4.47. The van der Waals surface area contributed by atoms with Crippen molar-refractivity contribution in [3.8, 4) is 5.75 Å². The van der Waals surface area contributed by atoms with E-state index in [4.69, 9.17) is 25.8 Å². The third kappa shape index (κ3) is 5.83. The van der Waals surface area contributed by atoms with Crippen molar-refractivity contribution in [1.29, 1.82) is 0 Å². The molecule has 0 fully saturated rings. The van der Waals surface area contributed by atoms with Crippen LogP contribution < -0.4 is 4.74 Å². The summed E-state index contributed by atoms with van der Waals surface area (Å²) in [5, 5.41) is 0.716. The van der Waals surface area contributed by atoms with E-state index >= 15 is 0 Å². The number of hydrogen-bond donors (Lipinski definition) is 0. The highest BCUT2D eigenvalue weighted by atomic mass is 35.5. The van der Waals surface area contributed by atoms with E-state index in [-0.39, 0.29) is 6.10 Å². The number of benzene rings is 3. The molecule has 0 saturated heterocycles. The van der Waals surface area contributed by atoms with Crippen molar-refractivity contribution < 1.29 is 14.2 Å². The first-order valence-corrected chi connectivity index (χ1v) is 9.27. The minimum absolute atomic E-state index is 0.145. The molecular formula is C23H23ClO3. The minimum Gasteiger partial charge on any atom is -0.497 e. The zero-order valence-electron chi connectivity index (χ0n) is 15.3. The lowest BCUT2D eigenvalue weighted by Crippen LogP contribution is -2.11. The summed E-state index contributed by atoms with van der Waals surface area (Å²) in [6, 6.07) is 25.8. The molecule has 3 nitrogen and oxygen atoms in total. The Bertz CT molecular complexity index is 801. The van der Waals surface area contributed by atoms with Crippen molar-refractivity contribution in [3.05, 3.63) is 101 Å². The first-order chi connectivity index (χ1) is 13.3. The Balaban J connectivity index is 1.54. The van der Waals surface area contributed by atoms with Crippen LogP contribution in [0.1, 0.15) is 22.8 Å². The number of ether oxygens (including phenoxy) is 3. The lowest BCUT2D eigenvalue weighted by molar-refractivity contribution is 0.0145. The molecule has 0 heterocycles. The molecule has 27 heavy (non-hydrogen) atoms. The van der Waals surface area contributed by atoms with Gasteiger partial charge in [-0.3, -0.25) is 0 Å². The second-order valence-corrected chi connectivity index (χ2v) is 6.55. The molecule has 3 aromatic rings. The fraction of sp³-hybridized carbons (Fsp3) is 0.217. The summed E-state index contributed by atoms with van der Waals surface area (Å²) in [7, 11) is 1.66. The molecule has 0 N–H and O–H groups in total. The van der Waals surface area contributed by atoms with Gasteiger partial charge in [-0.05, 0) is 41.0 Å². The maximum absolute atomic E-state index is 6.14. The van der Waals surface area contributed by atoms with E-state index in [0.29, 0.717) is 24.8 Å². The van der Waals surface area contributed by atoms with Crippen molar-refractivity contribution in [2.24, 2.45) is 0 Å². The number of halogens is 1. The SMILES string of the molecule is COc1ccc(COCCOC(c2ccccc2)c2ccc(Cl)cc2)cc1.